The van der Waals surface area contributed by atoms with E-state index in [-0.39, 0.29) is 0 Å². The summed E-state index contributed by atoms with van der Waals surface area (Å²) >= 11 is 0. The fourth-order valence-electron chi connectivity index (χ4n) is 4.97. The minimum atomic E-state index is 0.766. The topological polar surface area (TPSA) is 56.4 Å². The van der Waals surface area contributed by atoms with Gasteiger partial charge in [-0.2, -0.15) is 5.26 Å². The lowest BCUT2D eigenvalue weighted by Gasteiger charge is -2.22. The molecular weight excluding hydrogens is 346 g/mol. The highest BCUT2D eigenvalue weighted by atomic mass is 15.2. The summed E-state index contributed by atoms with van der Waals surface area (Å²) in [5.74, 6) is 1.16. The number of imidazole rings is 1. The second-order valence-electron chi connectivity index (χ2n) is 8.09. The average molecular weight is 374 g/mol. The molecule has 1 saturated heterocycles. The number of rotatable bonds is 4. The van der Waals surface area contributed by atoms with E-state index in [0.717, 1.165) is 60.4 Å². The predicted octanol–water partition coefficient (Wildman–Crippen LogP) is 4.14. The summed E-state index contributed by atoms with van der Waals surface area (Å²) in [6.45, 7) is 4.44. The van der Waals surface area contributed by atoms with E-state index in [4.69, 9.17) is 4.98 Å². The Labute approximate surface area is 166 Å². The van der Waals surface area contributed by atoms with Crippen LogP contribution in [0.25, 0.3) is 16.7 Å². The minimum absolute atomic E-state index is 0.766. The third kappa shape index (κ3) is 2.93. The van der Waals surface area contributed by atoms with E-state index in [0.29, 0.717) is 0 Å². The molecule has 144 valence electrons. The van der Waals surface area contributed by atoms with E-state index in [9.17, 15) is 5.26 Å². The second-order valence-corrected chi connectivity index (χ2v) is 8.09. The molecule has 0 spiro atoms. The standard InChI is InChI=1S/C23H27N5/c24-16-19-17-8-7-9-18(17)22(25-12-15-27-13-5-1-2-6-14-27)28-21-11-4-3-10-20(21)26-23(19)28/h3-4,10-11,25H,1-2,5-9,12-15H2. The number of pyridine rings is 1. The first-order valence-electron chi connectivity index (χ1n) is 10.7. The number of nitrogens with zero attached hydrogens (tertiary/aromatic N) is 4. The molecular formula is C23H27N5. The van der Waals surface area contributed by atoms with E-state index < -0.39 is 0 Å². The van der Waals surface area contributed by atoms with Gasteiger partial charge in [0.25, 0.3) is 0 Å². The van der Waals surface area contributed by atoms with Gasteiger partial charge in [-0.3, -0.25) is 4.40 Å². The summed E-state index contributed by atoms with van der Waals surface area (Å²) in [4.78, 5) is 7.41. The van der Waals surface area contributed by atoms with E-state index in [1.54, 1.807) is 0 Å². The minimum Gasteiger partial charge on any atom is -0.370 e. The lowest BCUT2D eigenvalue weighted by molar-refractivity contribution is 0.296. The van der Waals surface area contributed by atoms with E-state index in [1.165, 1.54) is 49.9 Å². The Bertz CT molecular complexity index is 1050. The zero-order valence-corrected chi connectivity index (χ0v) is 16.4. The fourth-order valence-corrected chi connectivity index (χ4v) is 4.97. The first-order valence-corrected chi connectivity index (χ1v) is 10.7. The zero-order valence-electron chi connectivity index (χ0n) is 16.4. The quantitative estimate of drug-likeness (QED) is 0.747. The van der Waals surface area contributed by atoms with E-state index in [1.807, 2.05) is 12.1 Å². The number of nitrogens with one attached hydrogen (secondary N) is 1. The molecule has 28 heavy (non-hydrogen) atoms. The number of likely N-dealkylation sites (tertiary alicyclic amines) is 1. The van der Waals surface area contributed by atoms with Crippen molar-refractivity contribution < 1.29 is 0 Å². The van der Waals surface area contributed by atoms with Gasteiger partial charge in [-0.15, -0.1) is 0 Å². The van der Waals surface area contributed by atoms with Crippen LogP contribution in [0.15, 0.2) is 24.3 Å². The first-order chi connectivity index (χ1) is 13.9. The van der Waals surface area contributed by atoms with Gasteiger partial charge in [-0.1, -0.05) is 25.0 Å². The van der Waals surface area contributed by atoms with Gasteiger partial charge in [0.2, 0.25) is 0 Å². The van der Waals surface area contributed by atoms with E-state index >= 15 is 0 Å². The summed E-state index contributed by atoms with van der Waals surface area (Å²) in [5, 5.41) is 13.6. The molecule has 0 atom stereocenters. The highest BCUT2D eigenvalue weighted by Gasteiger charge is 2.25. The van der Waals surface area contributed by atoms with Crippen molar-refractivity contribution in [2.24, 2.45) is 0 Å². The number of para-hydroxylation sites is 2. The molecule has 5 rings (SSSR count). The molecule has 0 unspecified atom stereocenters. The van der Waals surface area contributed by atoms with Crippen LogP contribution in [0, 0.1) is 11.3 Å². The van der Waals surface area contributed by atoms with Crippen LogP contribution < -0.4 is 5.32 Å². The van der Waals surface area contributed by atoms with Crippen molar-refractivity contribution in [3.63, 3.8) is 0 Å². The lowest BCUT2D eigenvalue weighted by Crippen LogP contribution is -2.30. The largest absolute Gasteiger partial charge is 0.370 e. The van der Waals surface area contributed by atoms with Crippen molar-refractivity contribution in [2.45, 2.75) is 44.9 Å². The number of fused-ring (bicyclic) bond motifs is 4. The highest BCUT2D eigenvalue weighted by molar-refractivity contribution is 5.86. The van der Waals surface area contributed by atoms with Gasteiger partial charge in [0, 0.05) is 13.1 Å². The predicted molar refractivity (Wildman–Crippen MR) is 113 cm³/mol. The summed E-state index contributed by atoms with van der Waals surface area (Å²) in [6.07, 6.45) is 8.53. The van der Waals surface area contributed by atoms with Gasteiger partial charge in [-0.05, 0) is 68.5 Å². The molecule has 0 radical (unpaired) electrons. The molecule has 1 fully saturated rings. The Balaban J connectivity index is 1.54. The van der Waals surface area contributed by atoms with Gasteiger partial charge in [-0.25, -0.2) is 4.98 Å². The van der Waals surface area contributed by atoms with Crippen molar-refractivity contribution in [1.82, 2.24) is 14.3 Å². The number of benzene rings is 1. The molecule has 2 aromatic heterocycles. The molecule has 1 aliphatic heterocycles. The molecule has 1 N–H and O–H groups in total. The van der Waals surface area contributed by atoms with Gasteiger partial charge in [0.15, 0.2) is 5.65 Å². The number of hydrogen-bond acceptors (Lipinski definition) is 4. The average Bonchev–Trinajstić information content (AvgIpc) is 3.26. The Morgan fingerprint density at radius 2 is 1.79 bits per heavy atom. The van der Waals surface area contributed by atoms with Crippen LogP contribution in [-0.2, 0) is 12.8 Å². The second kappa shape index (κ2) is 7.44. The van der Waals surface area contributed by atoms with Crippen LogP contribution in [0.5, 0.6) is 0 Å². The Morgan fingerprint density at radius 1 is 1.00 bits per heavy atom. The first kappa shape index (κ1) is 17.5. The molecule has 5 heteroatoms. The number of aromatic nitrogens is 2. The van der Waals surface area contributed by atoms with E-state index in [2.05, 4.69) is 32.8 Å². The number of anilines is 1. The Kier molecular flexibility index (Phi) is 4.66. The van der Waals surface area contributed by atoms with Crippen molar-refractivity contribution in [2.75, 3.05) is 31.5 Å². The number of nitriles is 1. The van der Waals surface area contributed by atoms with Crippen molar-refractivity contribution in [3.05, 3.63) is 41.0 Å². The summed E-state index contributed by atoms with van der Waals surface area (Å²) < 4.78 is 2.19. The van der Waals surface area contributed by atoms with Crippen LogP contribution in [0.2, 0.25) is 0 Å². The third-order valence-electron chi connectivity index (χ3n) is 6.34. The summed E-state index contributed by atoms with van der Waals surface area (Å²) in [6, 6.07) is 10.7. The van der Waals surface area contributed by atoms with Gasteiger partial charge in [0.1, 0.15) is 11.9 Å². The van der Waals surface area contributed by atoms with Gasteiger partial charge < -0.3 is 10.2 Å². The highest BCUT2D eigenvalue weighted by Crippen LogP contribution is 2.36. The molecule has 0 bridgehead atoms. The molecule has 2 aliphatic rings. The van der Waals surface area contributed by atoms with Crippen molar-refractivity contribution in [3.8, 4) is 6.07 Å². The maximum absolute atomic E-state index is 9.86. The zero-order chi connectivity index (χ0) is 18.9. The van der Waals surface area contributed by atoms with Gasteiger partial charge >= 0.3 is 0 Å². The van der Waals surface area contributed by atoms with Crippen LogP contribution in [0.1, 0.15) is 48.8 Å². The smallest absolute Gasteiger partial charge is 0.157 e. The Hall–Kier alpha value is -2.58. The summed E-state index contributed by atoms with van der Waals surface area (Å²) in [5.41, 5.74) is 6.15. The fraction of sp³-hybridized carbons (Fsp3) is 0.478. The monoisotopic (exact) mass is 373 g/mol. The maximum atomic E-state index is 9.86. The molecule has 0 amide bonds. The third-order valence-corrected chi connectivity index (χ3v) is 6.34. The summed E-state index contributed by atoms with van der Waals surface area (Å²) in [7, 11) is 0. The van der Waals surface area contributed by atoms with Crippen LogP contribution >= 0.6 is 0 Å². The molecule has 3 aromatic rings. The maximum Gasteiger partial charge on any atom is 0.157 e. The number of hydrogen-bond donors (Lipinski definition) is 1. The normalized spacial score (nSPS) is 17.5. The Morgan fingerprint density at radius 3 is 2.61 bits per heavy atom. The SMILES string of the molecule is N#Cc1c2c(c(NCCN3CCCCCC3)n3c1nc1ccccc13)CCC2. The molecule has 3 heterocycles. The van der Waals surface area contributed by atoms with Crippen molar-refractivity contribution >= 4 is 22.5 Å². The van der Waals surface area contributed by atoms with Crippen molar-refractivity contribution in [1.29, 1.82) is 5.26 Å². The molecule has 0 saturated carbocycles. The van der Waals surface area contributed by atoms with Gasteiger partial charge in [0.05, 0.1) is 16.6 Å². The lowest BCUT2D eigenvalue weighted by atomic mass is 10.1. The molecule has 1 aliphatic carbocycles. The van der Waals surface area contributed by atoms with Crippen LogP contribution in [-0.4, -0.2) is 40.5 Å². The van der Waals surface area contributed by atoms with Crippen LogP contribution in [0.4, 0.5) is 5.82 Å². The van der Waals surface area contributed by atoms with Crippen LogP contribution in [0.3, 0.4) is 0 Å². The molecule has 5 nitrogen and oxygen atoms in total. The molecule has 1 aromatic carbocycles.